The van der Waals surface area contributed by atoms with E-state index in [4.69, 9.17) is 9.47 Å². The van der Waals surface area contributed by atoms with Crippen LogP contribution in [-0.4, -0.2) is 17.8 Å². The van der Waals surface area contributed by atoms with Crippen LogP contribution in [0.2, 0.25) is 0 Å². The van der Waals surface area contributed by atoms with Crippen molar-refractivity contribution in [3.05, 3.63) is 59.4 Å². The molecule has 0 saturated carbocycles. The number of rotatable bonds is 4. The van der Waals surface area contributed by atoms with Crippen LogP contribution in [0.3, 0.4) is 0 Å². The van der Waals surface area contributed by atoms with Crippen molar-refractivity contribution >= 4 is 0 Å². The van der Waals surface area contributed by atoms with E-state index in [0.29, 0.717) is 13.0 Å². The molecule has 0 spiro atoms. The van der Waals surface area contributed by atoms with Crippen molar-refractivity contribution < 1.29 is 19.0 Å². The van der Waals surface area contributed by atoms with Crippen LogP contribution in [0.4, 0.5) is 4.39 Å². The van der Waals surface area contributed by atoms with Crippen molar-refractivity contribution in [1.29, 1.82) is 0 Å². The maximum atomic E-state index is 13.1. The third-order valence-corrected chi connectivity index (χ3v) is 3.56. The monoisotopic (exact) mass is 288 g/mol. The average Bonchev–Trinajstić information content (AvgIpc) is 2.87. The van der Waals surface area contributed by atoms with Crippen LogP contribution < -0.4 is 9.47 Å². The summed E-state index contributed by atoms with van der Waals surface area (Å²) in [6, 6.07) is 11.9. The molecule has 4 heteroatoms. The summed E-state index contributed by atoms with van der Waals surface area (Å²) in [5, 5.41) is 9.45. The Labute approximate surface area is 122 Å². The minimum Gasteiger partial charge on any atom is -0.490 e. The van der Waals surface area contributed by atoms with E-state index in [9.17, 15) is 9.50 Å². The standard InChI is InChI=1S/C17H17FO3/c1-11(19)12-2-5-15(6-3-12)20-10-16-9-13-8-14(18)4-7-17(13)21-16/h2-8,11,16,19H,9-10H2,1H3/t11-,16?/m0/s1. The Hall–Kier alpha value is -2.07. The number of fused-ring (bicyclic) bond motifs is 1. The van der Waals surface area contributed by atoms with Gasteiger partial charge in [0.15, 0.2) is 0 Å². The molecule has 1 aliphatic rings. The molecule has 2 aromatic carbocycles. The first kappa shape index (κ1) is 13.9. The van der Waals surface area contributed by atoms with Gasteiger partial charge in [0.2, 0.25) is 0 Å². The third kappa shape index (κ3) is 3.16. The molecule has 0 aliphatic carbocycles. The van der Waals surface area contributed by atoms with Gasteiger partial charge in [-0.3, -0.25) is 0 Å². The first-order valence-electron chi connectivity index (χ1n) is 6.98. The zero-order chi connectivity index (χ0) is 14.8. The van der Waals surface area contributed by atoms with Gasteiger partial charge in [-0.15, -0.1) is 0 Å². The smallest absolute Gasteiger partial charge is 0.137 e. The molecule has 0 fully saturated rings. The summed E-state index contributed by atoms with van der Waals surface area (Å²) >= 11 is 0. The molecule has 0 bridgehead atoms. The summed E-state index contributed by atoms with van der Waals surface area (Å²) in [4.78, 5) is 0. The van der Waals surface area contributed by atoms with Crippen LogP contribution in [0.25, 0.3) is 0 Å². The second-order valence-corrected chi connectivity index (χ2v) is 5.25. The highest BCUT2D eigenvalue weighted by molar-refractivity contribution is 5.38. The Morgan fingerprint density at radius 3 is 2.76 bits per heavy atom. The van der Waals surface area contributed by atoms with Gasteiger partial charge in [0.1, 0.15) is 30.0 Å². The Balaban J connectivity index is 1.57. The molecule has 2 aromatic rings. The van der Waals surface area contributed by atoms with Crippen LogP contribution >= 0.6 is 0 Å². The molecule has 1 aliphatic heterocycles. The SMILES string of the molecule is C[C@H](O)c1ccc(OCC2Cc3cc(F)ccc3O2)cc1. The molecule has 0 aromatic heterocycles. The minimum atomic E-state index is -0.485. The van der Waals surface area contributed by atoms with Crippen LogP contribution in [0, 0.1) is 5.82 Å². The highest BCUT2D eigenvalue weighted by Gasteiger charge is 2.23. The molecule has 1 N–H and O–H groups in total. The predicted octanol–water partition coefficient (Wildman–Crippen LogP) is 3.26. The number of benzene rings is 2. The van der Waals surface area contributed by atoms with E-state index in [2.05, 4.69) is 0 Å². The Kier molecular flexibility index (Phi) is 3.80. The molecule has 3 rings (SSSR count). The molecule has 21 heavy (non-hydrogen) atoms. The van der Waals surface area contributed by atoms with Gasteiger partial charge in [0, 0.05) is 12.0 Å². The quantitative estimate of drug-likeness (QED) is 0.938. The Morgan fingerprint density at radius 2 is 2.05 bits per heavy atom. The van der Waals surface area contributed by atoms with Crippen molar-refractivity contribution in [1.82, 2.24) is 0 Å². The molecule has 3 nitrogen and oxygen atoms in total. The van der Waals surface area contributed by atoms with Crippen molar-refractivity contribution in [2.45, 2.75) is 25.6 Å². The molecule has 0 saturated heterocycles. The van der Waals surface area contributed by atoms with Gasteiger partial charge in [-0.1, -0.05) is 12.1 Å². The van der Waals surface area contributed by atoms with Gasteiger partial charge in [0.25, 0.3) is 0 Å². The lowest BCUT2D eigenvalue weighted by Gasteiger charge is -2.13. The van der Waals surface area contributed by atoms with E-state index in [1.54, 1.807) is 13.0 Å². The first-order valence-corrected chi connectivity index (χ1v) is 6.98. The van der Waals surface area contributed by atoms with Crippen LogP contribution in [0.15, 0.2) is 42.5 Å². The Bertz CT molecular complexity index is 622. The van der Waals surface area contributed by atoms with Crippen LogP contribution in [0.1, 0.15) is 24.2 Å². The fourth-order valence-electron chi connectivity index (χ4n) is 2.41. The van der Waals surface area contributed by atoms with Crippen molar-refractivity contribution in [2.24, 2.45) is 0 Å². The second kappa shape index (κ2) is 5.74. The van der Waals surface area contributed by atoms with Gasteiger partial charge < -0.3 is 14.6 Å². The van der Waals surface area contributed by atoms with Crippen LogP contribution in [-0.2, 0) is 6.42 Å². The predicted molar refractivity (Wildman–Crippen MR) is 77.1 cm³/mol. The summed E-state index contributed by atoms with van der Waals surface area (Å²) in [7, 11) is 0. The number of aliphatic hydroxyl groups is 1. The van der Waals surface area contributed by atoms with Gasteiger partial charge in [0.05, 0.1) is 6.10 Å². The molecule has 110 valence electrons. The highest BCUT2D eigenvalue weighted by Crippen LogP contribution is 2.29. The lowest BCUT2D eigenvalue weighted by Crippen LogP contribution is -2.22. The fourth-order valence-corrected chi connectivity index (χ4v) is 2.41. The molecule has 0 amide bonds. The van der Waals surface area contributed by atoms with E-state index < -0.39 is 6.10 Å². The van der Waals surface area contributed by atoms with Gasteiger partial charge >= 0.3 is 0 Å². The summed E-state index contributed by atoms with van der Waals surface area (Å²) < 4.78 is 24.5. The highest BCUT2D eigenvalue weighted by atomic mass is 19.1. The van der Waals surface area contributed by atoms with Crippen molar-refractivity contribution in [2.75, 3.05) is 6.61 Å². The molecule has 0 radical (unpaired) electrons. The van der Waals surface area contributed by atoms with Crippen molar-refractivity contribution in [3.8, 4) is 11.5 Å². The lowest BCUT2D eigenvalue weighted by atomic mass is 10.1. The molecule has 1 heterocycles. The molecule has 1 unspecified atom stereocenters. The molecular weight excluding hydrogens is 271 g/mol. The largest absolute Gasteiger partial charge is 0.490 e. The lowest BCUT2D eigenvalue weighted by molar-refractivity contribution is 0.148. The minimum absolute atomic E-state index is 0.0989. The van der Waals surface area contributed by atoms with Gasteiger partial charge in [-0.05, 0) is 42.8 Å². The number of halogens is 1. The molecular formula is C17H17FO3. The number of hydrogen-bond donors (Lipinski definition) is 1. The normalized spacial score (nSPS) is 18.0. The zero-order valence-electron chi connectivity index (χ0n) is 11.8. The van der Waals surface area contributed by atoms with E-state index in [1.807, 2.05) is 24.3 Å². The Morgan fingerprint density at radius 1 is 1.29 bits per heavy atom. The van der Waals surface area contributed by atoms with E-state index >= 15 is 0 Å². The van der Waals surface area contributed by atoms with Crippen molar-refractivity contribution in [3.63, 3.8) is 0 Å². The van der Waals surface area contributed by atoms with E-state index in [1.165, 1.54) is 12.1 Å². The average molecular weight is 288 g/mol. The number of hydrogen-bond acceptors (Lipinski definition) is 3. The number of ether oxygens (including phenoxy) is 2. The second-order valence-electron chi connectivity index (χ2n) is 5.25. The maximum absolute atomic E-state index is 13.1. The first-order chi connectivity index (χ1) is 10.1. The topological polar surface area (TPSA) is 38.7 Å². The third-order valence-electron chi connectivity index (χ3n) is 3.56. The van der Waals surface area contributed by atoms with Gasteiger partial charge in [-0.25, -0.2) is 4.39 Å². The molecule has 2 atom stereocenters. The zero-order valence-corrected chi connectivity index (χ0v) is 11.8. The van der Waals surface area contributed by atoms with E-state index in [0.717, 1.165) is 22.6 Å². The summed E-state index contributed by atoms with van der Waals surface area (Å²) in [5.74, 6) is 1.22. The summed E-state index contributed by atoms with van der Waals surface area (Å²) in [6.07, 6.45) is 0.0682. The number of aliphatic hydroxyl groups excluding tert-OH is 1. The van der Waals surface area contributed by atoms with E-state index in [-0.39, 0.29) is 11.9 Å². The van der Waals surface area contributed by atoms with Gasteiger partial charge in [-0.2, -0.15) is 0 Å². The summed E-state index contributed by atoms with van der Waals surface area (Å²) in [5.41, 5.74) is 1.73. The van der Waals surface area contributed by atoms with Crippen LogP contribution in [0.5, 0.6) is 11.5 Å². The maximum Gasteiger partial charge on any atom is 0.137 e. The summed E-state index contributed by atoms with van der Waals surface area (Å²) in [6.45, 7) is 2.13. The fraction of sp³-hybridized carbons (Fsp3) is 0.294.